The van der Waals surface area contributed by atoms with E-state index in [2.05, 4.69) is 20.8 Å². The van der Waals surface area contributed by atoms with Crippen molar-refractivity contribution >= 4 is 27.5 Å². The molecule has 5 heteroatoms. The van der Waals surface area contributed by atoms with Gasteiger partial charge in [-0.1, -0.05) is 41.9 Å². The number of hydrogen-bond donors (Lipinski definition) is 1. The minimum absolute atomic E-state index is 0.112. The monoisotopic (exact) mass is 340 g/mol. The predicted octanol–water partition coefficient (Wildman–Crippen LogP) is 2.46. The summed E-state index contributed by atoms with van der Waals surface area (Å²) in [7, 11) is 0. The normalized spacial score (nSPS) is 17.4. The summed E-state index contributed by atoms with van der Waals surface area (Å²) in [5, 5.41) is 9.87. The molecule has 0 spiro atoms. The number of para-hydroxylation sites is 2. The van der Waals surface area contributed by atoms with Gasteiger partial charge in [-0.2, -0.15) is 0 Å². The fourth-order valence-corrected chi connectivity index (χ4v) is 2.65. The molecular formula is C15H21BrN2O2. The molecule has 0 radical (unpaired) electrons. The van der Waals surface area contributed by atoms with Crippen LogP contribution in [0.25, 0.3) is 0 Å². The zero-order chi connectivity index (χ0) is 14.7. The molecule has 1 unspecified atom stereocenters. The summed E-state index contributed by atoms with van der Waals surface area (Å²) in [5.74, 6) is 0.753. The molecule has 4 nitrogen and oxygen atoms in total. The molecule has 0 saturated carbocycles. The average molecular weight is 341 g/mol. The summed E-state index contributed by atoms with van der Waals surface area (Å²) in [5.41, 5.74) is 0.846. The van der Waals surface area contributed by atoms with Gasteiger partial charge < -0.3 is 14.9 Å². The number of phenols is 1. The molecule has 0 aromatic heterocycles. The van der Waals surface area contributed by atoms with Crippen molar-refractivity contribution in [1.82, 2.24) is 4.90 Å². The van der Waals surface area contributed by atoms with E-state index in [1.165, 1.54) is 0 Å². The van der Waals surface area contributed by atoms with Crippen LogP contribution in [0.2, 0.25) is 0 Å². The Labute approximate surface area is 128 Å². The molecule has 1 aliphatic rings. The van der Waals surface area contributed by atoms with Crippen molar-refractivity contribution in [1.29, 1.82) is 0 Å². The first-order chi connectivity index (χ1) is 9.50. The van der Waals surface area contributed by atoms with Gasteiger partial charge in [0.15, 0.2) is 0 Å². The number of hydrogen-bond acceptors (Lipinski definition) is 3. The van der Waals surface area contributed by atoms with Crippen LogP contribution in [0.1, 0.15) is 13.8 Å². The molecule has 1 saturated heterocycles. The average Bonchev–Trinajstić information content (AvgIpc) is 2.46. The Hall–Kier alpha value is -1.23. The van der Waals surface area contributed by atoms with Crippen LogP contribution in [0.5, 0.6) is 5.75 Å². The molecule has 1 heterocycles. The van der Waals surface area contributed by atoms with Crippen molar-refractivity contribution in [2.75, 3.05) is 31.1 Å². The minimum atomic E-state index is -0.112. The van der Waals surface area contributed by atoms with E-state index >= 15 is 0 Å². The van der Waals surface area contributed by atoms with Gasteiger partial charge in [-0.25, -0.2) is 0 Å². The number of alkyl halides is 1. The number of phenolic OH excluding ortho intramolecular Hbond substituents is 1. The number of nitrogens with zero attached hydrogens (tertiary/aromatic N) is 2. The summed E-state index contributed by atoms with van der Waals surface area (Å²) in [6, 6.07) is 7.34. The summed E-state index contributed by atoms with van der Waals surface area (Å²) in [6.07, 6.45) is 0. The van der Waals surface area contributed by atoms with E-state index in [4.69, 9.17) is 0 Å². The van der Waals surface area contributed by atoms with Gasteiger partial charge in [-0.3, -0.25) is 4.79 Å². The maximum Gasteiger partial charge on any atom is 0.236 e. The van der Waals surface area contributed by atoms with E-state index in [-0.39, 0.29) is 10.7 Å². The van der Waals surface area contributed by atoms with Crippen LogP contribution in [0.4, 0.5) is 5.69 Å². The van der Waals surface area contributed by atoms with Gasteiger partial charge in [0.1, 0.15) is 5.75 Å². The molecule has 1 aromatic carbocycles. The number of benzene rings is 1. The lowest BCUT2D eigenvalue weighted by Crippen LogP contribution is -2.51. The third kappa shape index (κ3) is 3.26. The SMILES string of the molecule is CC(C)C(Br)C(=O)N1CCN(c2ccccc2O)CC1. The van der Waals surface area contributed by atoms with Gasteiger partial charge in [-0.15, -0.1) is 0 Å². The van der Waals surface area contributed by atoms with Crippen molar-refractivity contribution in [3.05, 3.63) is 24.3 Å². The summed E-state index contributed by atoms with van der Waals surface area (Å²) in [4.78, 5) is 16.2. The Morgan fingerprint density at radius 1 is 1.20 bits per heavy atom. The van der Waals surface area contributed by atoms with Crippen LogP contribution < -0.4 is 4.90 Å². The standard InChI is InChI=1S/C15H21BrN2O2/c1-11(2)14(16)15(20)18-9-7-17(8-10-18)12-5-3-4-6-13(12)19/h3-6,11,14,19H,7-10H2,1-2H3. The maximum atomic E-state index is 12.3. The zero-order valence-corrected chi connectivity index (χ0v) is 13.5. The molecule has 0 aliphatic carbocycles. The second-order valence-corrected chi connectivity index (χ2v) is 6.43. The van der Waals surface area contributed by atoms with Gasteiger partial charge in [0, 0.05) is 26.2 Å². The highest BCUT2D eigenvalue weighted by molar-refractivity contribution is 9.10. The molecule has 1 aliphatic heterocycles. The van der Waals surface area contributed by atoms with Crippen LogP contribution in [-0.4, -0.2) is 46.9 Å². The number of carbonyl (C=O) groups is 1. The smallest absolute Gasteiger partial charge is 0.236 e. The molecule has 20 heavy (non-hydrogen) atoms. The predicted molar refractivity (Wildman–Crippen MR) is 84.5 cm³/mol. The van der Waals surface area contributed by atoms with Gasteiger partial charge in [-0.05, 0) is 18.1 Å². The lowest BCUT2D eigenvalue weighted by atomic mass is 10.1. The summed E-state index contributed by atoms with van der Waals surface area (Å²) < 4.78 is 0. The fourth-order valence-electron chi connectivity index (χ4n) is 2.36. The van der Waals surface area contributed by atoms with Crippen LogP contribution in [0, 0.1) is 5.92 Å². The highest BCUT2D eigenvalue weighted by atomic mass is 79.9. The van der Waals surface area contributed by atoms with E-state index in [9.17, 15) is 9.90 Å². The van der Waals surface area contributed by atoms with E-state index in [1.807, 2.05) is 36.9 Å². The number of anilines is 1. The van der Waals surface area contributed by atoms with Gasteiger partial charge in [0.05, 0.1) is 10.5 Å². The van der Waals surface area contributed by atoms with E-state index in [0.717, 1.165) is 18.8 Å². The molecular weight excluding hydrogens is 320 g/mol. The second-order valence-electron chi connectivity index (χ2n) is 5.45. The Bertz CT molecular complexity index is 471. The van der Waals surface area contributed by atoms with Gasteiger partial charge >= 0.3 is 0 Å². The van der Waals surface area contributed by atoms with Gasteiger partial charge in [0.25, 0.3) is 0 Å². The zero-order valence-electron chi connectivity index (χ0n) is 11.9. The first-order valence-electron chi connectivity index (χ1n) is 6.96. The lowest BCUT2D eigenvalue weighted by molar-refractivity contribution is -0.131. The Morgan fingerprint density at radius 3 is 2.35 bits per heavy atom. The third-order valence-corrected chi connectivity index (χ3v) is 5.08. The molecule has 2 rings (SSSR count). The molecule has 110 valence electrons. The first-order valence-corrected chi connectivity index (χ1v) is 7.88. The number of aromatic hydroxyl groups is 1. The second kappa shape index (κ2) is 6.48. The number of amides is 1. The van der Waals surface area contributed by atoms with Crippen LogP contribution in [-0.2, 0) is 4.79 Å². The third-order valence-electron chi connectivity index (χ3n) is 3.63. The summed E-state index contributed by atoms with van der Waals surface area (Å²) in [6.45, 7) is 6.97. The minimum Gasteiger partial charge on any atom is -0.506 e. The number of rotatable bonds is 3. The number of piperazine rings is 1. The highest BCUT2D eigenvalue weighted by Crippen LogP contribution is 2.27. The lowest BCUT2D eigenvalue weighted by Gasteiger charge is -2.37. The first kappa shape index (κ1) is 15.2. The fraction of sp³-hybridized carbons (Fsp3) is 0.533. The van der Waals surface area contributed by atoms with Crippen LogP contribution >= 0.6 is 15.9 Å². The molecule has 1 aromatic rings. The number of carbonyl (C=O) groups excluding carboxylic acids is 1. The Balaban J connectivity index is 1.96. The largest absolute Gasteiger partial charge is 0.506 e. The Kier molecular flexibility index (Phi) is 4.91. The molecule has 1 fully saturated rings. The molecule has 1 N–H and O–H groups in total. The van der Waals surface area contributed by atoms with Crippen molar-refractivity contribution in [3.63, 3.8) is 0 Å². The maximum absolute atomic E-state index is 12.3. The highest BCUT2D eigenvalue weighted by Gasteiger charge is 2.28. The van der Waals surface area contributed by atoms with Crippen molar-refractivity contribution < 1.29 is 9.90 Å². The topological polar surface area (TPSA) is 43.8 Å². The van der Waals surface area contributed by atoms with E-state index in [0.29, 0.717) is 24.8 Å². The summed E-state index contributed by atoms with van der Waals surface area (Å²) >= 11 is 3.47. The quantitative estimate of drug-likeness (QED) is 0.859. The van der Waals surface area contributed by atoms with Crippen molar-refractivity contribution in [2.24, 2.45) is 5.92 Å². The van der Waals surface area contributed by atoms with E-state index in [1.54, 1.807) is 6.07 Å². The number of halogens is 1. The molecule has 1 atom stereocenters. The van der Waals surface area contributed by atoms with Crippen LogP contribution in [0.3, 0.4) is 0 Å². The molecule has 1 amide bonds. The van der Waals surface area contributed by atoms with E-state index < -0.39 is 0 Å². The van der Waals surface area contributed by atoms with Crippen molar-refractivity contribution in [2.45, 2.75) is 18.7 Å². The Morgan fingerprint density at radius 2 is 1.80 bits per heavy atom. The van der Waals surface area contributed by atoms with Crippen molar-refractivity contribution in [3.8, 4) is 5.75 Å². The van der Waals surface area contributed by atoms with Gasteiger partial charge in [0.2, 0.25) is 5.91 Å². The molecule has 0 bridgehead atoms. The van der Waals surface area contributed by atoms with Crippen LogP contribution in [0.15, 0.2) is 24.3 Å².